The van der Waals surface area contributed by atoms with Crippen LogP contribution in [0.3, 0.4) is 0 Å². The molecule has 3 amide bonds. The zero-order valence-electron chi connectivity index (χ0n) is 15.6. The number of benzene rings is 2. The van der Waals surface area contributed by atoms with E-state index >= 15 is 0 Å². The van der Waals surface area contributed by atoms with Gasteiger partial charge in [-0.3, -0.25) is 4.79 Å². The van der Waals surface area contributed by atoms with Gasteiger partial charge in [-0.15, -0.1) is 0 Å². The topological polar surface area (TPSA) is 70.2 Å². The second kappa shape index (κ2) is 9.61. The van der Waals surface area contributed by atoms with Crippen molar-refractivity contribution in [1.29, 1.82) is 0 Å². The van der Waals surface area contributed by atoms with E-state index in [-0.39, 0.29) is 17.9 Å². The monoisotopic (exact) mass is 353 g/mol. The smallest absolute Gasteiger partial charge is 0.315 e. The molecule has 0 radical (unpaired) electrons. The minimum Gasteiger partial charge on any atom is -0.355 e. The molecule has 0 saturated heterocycles. The minimum atomic E-state index is -0.193. The zero-order chi connectivity index (χ0) is 18.9. The van der Waals surface area contributed by atoms with Crippen LogP contribution in [0.4, 0.5) is 4.79 Å². The van der Waals surface area contributed by atoms with Gasteiger partial charge in [0.1, 0.15) is 0 Å². The highest BCUT2D eigenvalue weighted by atomic mass is 16.2. The van der Waals surface area contributed by atoms with Gasteiger partial charge in [0.25, 0.3) is 5.91 Å². The van der Waals surface area contributed by atoms with Crippen molar-refractivity contribution in [2.45, 2.75) is 26.3 Å². The van der Waals surface area contributed by atoms with E-state index in [0.717, 1.165) is 5.56 Å². The number of hydrogen-bond donors (Lipinski definition) is 3. The first-order valence-electron chi connectivity index (χ1n) is 8.89. The Kier molecular flexibility index (Phi) is 7.21. The summed E-state index contributed by atoms with van der Waals surface area (Å²) >= 11 is 0. The SMILES string of the molecule is CNC(=O)c1ccc(CNC(=O)NCC(c2ccccc2)C(C)C)cc1. The lowest BCUT2D eigenvalue weighted by molar-refractivity contribution is 0.0963. The number of rotatable bonds is 7. The Morgan fingerprint density at radius 3 is 2.15 bits per heavy atom. The summed E-state index contributed by atoms with van der Waals surface area (Å²) in [5.41, 5.74) is 2.77. The molecule has 0 aliphatic carbocycles. The fraction of sp³-hybridized carbons (Fsp3) is 0.333. The summed E-state index contributed by atoms with van der Waals surface area (Å²) in [5.74, 6) is 0.576. The van der Waals surface area contributed by atoms with E-state index in [2.05, 4.69) is 41.9 Å². The van der Waals surface area contributed by atoms with Crippen LogP contribution in [-0.4, -0.2) is 25.5 Å². The number of urea groups is 1. The third-order valence-corrected chi connectivity index (χ3v) is 4.41. The lowest BCUT2D eigenvalue weighted by atomic mass is 9.88. The second-order valence-corrected chi connectivity index (χ2v) is 6.60. The third-order valence-electron chi connectivity index (χ3n) is 4.41. The van der Waals surface area contributed by atoms with Crippen molar-refractivity contribution in [3.63, 3.8) is 0 Å². The molecule has 0 spiro atoms. The van der Waals surface area contributed by atoms with E-state index < -0.39 is 0 Å². The molecule has 5 nitrogen and oxygen atoms in total. The standard InChI is InChI=1S/C21H27N3O2/c1-15(2)19(17-7-5-4-6-8-17)14-24-21(26)23-13-16-9-11-18(12-10-16)20(25)22-3/h4-12,15,19H,13-14H2,1-3H3,(H,22,25)(H2,23,24,26). The molecule has 0 aliphatic heterocycles. The Hall–Kier alpha value is -2.82. The molecule has 0 saturated carbocycles. The second-order valence-electron chi connectivity index (χ2n) is 6.60. The van der Waals surface area contributed by atoms with Gasteiger partial charge in [-0.25, -0.2) is 4.79 Å². The Morgan fingerprint density at radius 1 is 0.923 bits per heavy atom. The quantitative estimate of drug-likeness (QED) is 0.715. The van der Waals surface area contributed by atoms with E-state index in [0.29, 0.717) is 24.6 Å². The predicted octanol–water partition coefficient (Wildman–Crippen LogP) is 3.29. The maximum Gasteiger partial charge on any atom is 0.315 e. The molecule has 0 bridgehead atoms. The van der Waals surface area contributed by atoms with Gasteiger partial charge in [0.05, 0.1) is 0 Å². The van der Waals surface area contributed by atoms with Gasteiger partial charge < -0.3 is 16.0 Å². The number of amides is 3. The van der Waals surface area contributed by atoms with Crippen LogP contribution in [0.1, 0.15) is 41.3 Å². The summed E-state index contributed by atoms with van der Waals surface area (Å²) in [4.78, 5) is 23.6. The third kappa shape index (κ3) is 5.62. The molecule has 0 fully saturated rings. The average Bonchev–Trinajstić information content (AvgIpc) is 2.67. The van der Waals surface area contributed by atoms with Crippen LogP contribution in [0.25, 0.3) is 0 Å². The molecule has 0 aliphatic rings. The summed E-state index contributed by atoms with van der Waals surface area (Å²) in [6.45, 7) is 5.32. The lowest BCUT2D eigenvalue weighted by Crippen LogP contribution is -2.38. The number of carbonyl (C=O) groups excluding carboxylic acids is 2. The molecule has 5 heteroatoms. The van der Waals surface area contributed by atoms with Crippen LogP contribution in [0.2, 0.25) is 0 Å². The van der Waals surface area contributed by atoms with Crippen molar-refractivity contribution in [3.05, 3.63) is 71.3 Å². The average molecular weight is 353 g/mol. The lowest BCUT2D eigenvalue weighted by Gasteiger charge is -2.22. The molecule has 2 rings (SSSR count). The van der Waals surface area contributed by atoms with E-state index in [9.17, 15) is 9.59 Å². The Labute approximate surface area is 155 Å². The van der Waals surface area contributed by atoms with Crippen LogP contribution in [0.5, 0.6) is 0 Å². The van der Waals surface area contributed by atoms with Crippen molar-refractivity contribution in [3.8, 4) is 0 Å². The maximum atomic E-state index is 12.1. The van der Waals surface area contributed by atoms with Crippen LogP contribution in [-0.2, 0) is 6.54 Å². The first-order chi connectivity index (χ1) is 12.5. The van der Waals surface area contributed by atoms with Gasteiger partial charge in [0, 0.05) is 31.6 Å². The van der Waals surface area contributed by atoms with Crippen LogP contribution in [0, 0.1) is 5.92 Å². The highest BCUT2D eigenvalue weighted by molar-refractivity contribution is 5.93. The summed E-state index contributed by atoms with van der Waals surface area (Å²) in [7, 11) is 1.60. The molecular weight excluding hydrogens is 326 g/mol. The van der Waals surface area contributed by atoms with Gasteiger partial charge in [0.2, 0.25) is 0 Å². The molecule has 1 unspecified atom stereocenters. The van der Waals surface area contributed by atoms with Crippen LogP contribution < -0.4 is 16.0 Å². The van der Waals surface area contributed by atoms with E-state index in [4.69, 9.17) is 0 Å². The summed E-state index contributed by atoms with van der Waals surface area (Å²) in [5, 5.41) is 8.40. The molecule has 3 N–H and O–H groups in total. The Balaban J connectivity index is 1.83. The minimum absolute atomic E-state index is 0.122. The Morgan fingerprint density at radius 2 is 1.58 bits per heavy atom. The number of carbonyl (C=O) groups is 2. The van der Waals surface area contributed by atoms with Crippen molar-refractivity contribution in [1.82, 2.24) is 16.0 Å². The molecular formula is C21H27N3O2. The van der Waals surface area contributed by atoms with Crippen LogP contribution >= 0.6 is 0 Å². The normalized spacial score (nSPS) is 11.7. The van der Waals surface area contributed by atoms with E-state index in [1.807, 2.05) is 30.3 Å². The molecule has 0 aromatic heterocycles. The summed E-state index contributed by atoms with van der Waals surface area (Å²) in [6.07, 6.45) is 0. The highest BCUT2D eigenvalue weighted by Gasteiger charge is 2.16. The van der Waals surface area contributed by atoms with Crippen molar-refractivity contribution < 1.29 is 9.59 Å². The van der Waals surface area contributed by atoms with Crippen molar-refractivity contribution >= 4 is 11.9 Å². The number of hydrogen-bond acceptors (Lipinski definition) is 2. The largest absolute Gasteiger partial charge is 0.355 e. The molecule has 0 heterocycles. The van der Waals surface area contributed by atoms with E-state index in [1.54, 1.807) is 19.2 Å². The maximum absolute atomic E-state index is 12.1. The first-order valence-corrected chi connectivity index (χ1v) is 8.89. The van der Waals surface area contributed by atoms with Gasteiger partial charge >= 0.3 is 6.03 Å². The van der Waals surface area contributed by atoms with Crippen molar-refractivity contribution in [2.24, 2.45) is 5.92 Å². The molecule has 1 atom stereocenters. The molecule has 2 aromatic carbocycles. The van der Waals surface area contributed by atoms with Gasteiger partial charge in [0.15, 0.2) is 0 Å². The van der Waals surface area contributed by atoms with E-state index in [1.165, 1.54) is 5.56 Å². The van der Waals surface area contributed by atoms with Gasteiger partial charge in [-0.2, -0.15) is 0 Å². The molecule has 138 valence electrons. The predicted molar refractivity (Wildman–Crippen MR) is 104 cm³/mol. The molecule has 2 aromatic rings. The zero-order valence-corrected chi connectivity index (χ0v) is 15.6. The van der Waals surface area contributed by atoms with Gasteiger partial charge in [-0.1, -0.05) is 56.3 Å². The molecule has 26 heavy (non-hydrogen) atoms. The number of nitrogens with one attached hydrogen (secondary N) is 3. The van der Waals surface area contributed by atoms with Crippen LogP contribution in [0.15, 0.2) is 54.6 Å². The van der Waals surface area contributed by atoms with Crippen molar-refractivity contribution in [2.75, 3.05) is 13.6 Å². The fourth-order valence-corrected chi connectivity index (χ4v) is 2.80. The van der Waals surface area contributed by atoms with Gasteiger partial charge in [-0.05, 0) is 29.2 Å². The Bertz CT molecular complexity index is 712. The first kappa shape index (κ1) is 19.5. The summed E-state index contributed by atoms with van der Waals surface area (Å²) in [6, 6.07) is 17.2. The summed E-state index contributed by atoms with van der Waals surface area (Å²) < 4.78 is 0. The fourth-order valence-electron chi connectivity index (χ4n) is 2.80. The highest BCUT2D eigenvalue weighted by Crippen LogP contribution is 2.23.